The highest BCUT2D eigenvalue weighted by Gasteiger charge is 2.28. The molecule has 0 saturated carbocycles. The maximum atomic E-state index is 13.7. The second-order valence-electron chi connectivity index (χ2n) is 8.86. The Balaban J connectivity index is 1.36. The second-order valence-corrected chi connectivity index (χ2v) is 10.4. The minimum absolute atomic E-state index is 0.0881. The average Bonchev–Trinajstić information content (AvgIpc) is 3.02. The molecule has 2 amide bonds. The zero-order valence-electron chi connectivity index (χ0n) is 19.9. The van der Waals surface area contributed by atoms with E-state index in [4.69, 9.17) is 16.3 Å². The lowest BCUT2D eigenvalue weighted by Gasteiger charge is -2.26. The third-order valence-electron chi connectivity index (χ3n) is 6.39. The summed E-state index contributed by atoms with van der Waals surface area (Å²) in [5, 5.41) is 3.69. The van der Waals surface area contributed by atoms with Crippen LogP contribution in [-0.4, -0.2) is 56.1 Å². The topological polar surface area (TPSA) is 61.9 Å². The minimum Gasteiger partial charge on any atom is -0.379 e. The van der Waals surface area contributed by atoms with Crippen LogP contribution in [0.4, 0.5) is 5.69 Å². The van der Waals surface area contributed by atoms with Gasteiger partial charge in [0, 0.05) is 40.0 Å². The SMILES string of the molecule is O=C(NCCCN1CCOCC1)c1ccc2c(c1)N(Cc1ccc(Cl)cc1)C(=O)c1ccccc1S2. The summed E-state index contributed by atoms with van der Waals surface area (Å²) >= 11 is 7.62. The van der Waals surface area contributed by atoms with Gasteiger partial charge < -0.3 is 15.0 Å². The molecule has 1 fully saturated rings. The van der Waals surface area contributed by atoms with E-state index < -0.39 is 0 Å². The van der Waals surface area contributed by atoms with Gasteiger partial charge in [-0.2, -0.15) is 0 Å². The van der Waals surface area contributed by atoms with Gasteiger partial charge >= 0.3 is 0 Å². The van der Waals surface area contributed by atoms with Crippen molar-refractivity contribution < 1.29 is 14.3 Å². The molecular formula is C28H28ClN3O3S. The summed E-state index contributed by atoms with van der Waals surface area (Å²) in [5.41, 5.74) is 2.89. The summed E-state index contributed by atoms with van der Waals surface area (Å²) in [7, 11) is 0. The van der Waals surface area contributed by atoms with E-state index in [1.807, 2.05) is 66.7 Å². The maximum Gasteiger partial charge on any atom is 0.259 e. The van der Waals surface area contributed by atoms with E-state index in [0.717, 1.165) is 60.3 Å². The van der Waals surface area contributed by atoms with Crippen LogP contribution in [-0.2, 0) is 11.3 Å². The molecular weight excluding hydrogens is 494 g/mol. The molecule has 6 nitrogen and oxygen atoms in total. The van der Waals surface area contributed by atoms with E-state index in [-0.39, 0.29) is 11.8 Å². The minimum atomic E-state index is -0.134. The highest BCUT2D eigenvalue weighted by Crippen LogP contribution is 2.42. The zero-order chi connectivity index (χ0) is 24.9. The first-order valence-electron chi connectivity index (χ1n) is 12.1. The molecule has 0 unspecified atom stereocenters. The average molecular weight is 522 g/mol. The van der Waals surface area contributed by atoms with Crippen molar-refractivity contribution in [2.75, 3.05) is 44.3 Å². The first-order chi connectivity index (χ1) is 17.6. The van der Waals surface area contributed by atoms with Crippen LogP contribution in [0.2, 0.25) is 5.02 Å². The molecule has 1 saturated heterocycles. The fraction of sp³-hybridized carbons (Fsp3) is 0.286. The monoisotopic (exact) mass is 521 g/mol. The first kappa shape index (κ1) is 24.8. The summed E-state index contributed by atoms with van der Waals surface area (Å²) in [4.78, 5) is 32.6. The second kappa shape index (κ2) is 11.5. The Hall–Kier alpha value is -2.84. The Morgan fingerprint density at radius 3 is 2.58 bits per heavy atom. The van der Waals surface area contributed by atoms with Gasteiger partial charge in [0.15, 0.2) is 0 Å². The Morgan fingerprint density at radius 2 is 1.78 bits per heavy atom. The van der Waals surface area contributed by atoms with Gasteiger partial charge in [0.2, 0.25) is 0 Å². The number of amides is 2. The lowest BCUT2D eigenvalue weighted by Crippen LogP contribution is -2.38. The lowest BCUT2D eigenvalue weighted by atomic mass is 10.1. The molecule has 3 aromatic carbocycles. The van der Waals surface area contributed by atoms with Crippen molar-refractivity contribution in [2.24, 2.45) is 0 Å². The molecule has 0 spiro atoms. The quantitative estimate of drug-likeness (QED) is 0.438. The molecule has 186 valence electrons. The Labute approximate surface area is 220 Å². The van der Waals surface area contributed by atoms with Crippen LogP contribution < -0.4 is 10.2 Å². The molecule has 1 N–H and O–H groups in total. The summed E-state index contributed by atoms with van der Waals surface area (Å²) < 4.78 is 5.39. The van der Waals surface area contributed by atoms with Gasteiger partial charge in [-0.15, -0.1) is 0 Å². The molecule has 0 radical (unpaired) electrons. The number of morpholine rings is 1. The standard InChI is InChI=1S/C28H28ClN3O3S/c29-22-9-6-20(7-10-22)19-32-24-18-21(27(33)30-12-3-13-31-14-16-35-17-15-31)8-11-26(24)36-25-5-2-1-4-23(25)28(32)34/h1-2,4-11,18H,3,12-17,19H2,(H,30,33). The van der Waals surface area contributed by atoms with E-state index in [1.165, 1.54) is 0 Å². The molecule has 2 aliphatic rings. The van der Waals surface area contributed by atoms with Gasteiger partial charge in [0.25, 0.3) is 11.8 Å². The Kier molecular flexibility index (Phi) is 7.92. The number of nitrogens with one attached hydrogen (secondary N) is 1. The molecule has 2 heterocycles. The maximum absolute atomic E-state index is 13.7. The number of halogens is 1. The van der Waals surface area contributed by atoms with Gasteiger partial charge in [0.05, 0.1) is 31.0 Å². The molecule has 36 heavy (non-hydrogen) atoms. The van der Waals surface area contributed by atoms with Crippen molar-refractivity contribution in [3.05, 3.63) is 88.4 Å². The number of ether oxygens (including phenoxy) is 1. The molecule has 3 aromatic rings. The number of rotatable bonds is 7. The van der Waals surface area contributed by atoms with Crippen LogP contribution in [0.3, 0.4) is 0 Å². The summed E-state index contributed by atoms with van der Waals surface area (Å²) in [6, 6.07) is 20.7. The summed E-state index contributed by atoms with van der Waals surface area (Å²) in [5.74, 6) is -0.222. The molecule has 0 atom stereocenters. The van der Waals surface area contributed by atoms with Crippen molar-refractivity contribution in [3.8, 4) is 0 Å². The number of nitrogens with zero attached hydrogens (tertiary/aromatic N) is 2. The van der Waals surface area contributed by atoms with Crippen LogP contribution in [0, 0.1) is 0 Å². The Morgan fingerprint density at radius 1 is 1.00 bits per heavy atom. The normalized spacial score (nSPS) is 15.7. The number of hydrogen-bond acceptors (Lipinski definition) is 5. The van der Waals surface area contributed by atoms with Gasteiger partial charge in [-0.25, -0.2) is 0 Å². The predicted octanol–water partition coefficient (Wildman–Crippen LogP) is 5.10. The highest BCUT2D eigenvalue weighted by atomic mass is 35.5. The van der Waals surface area contributed by atoms with Gasteiger partial charge in [-0.3, -0.25) is 14.5 Å². The van der Waals surface area contributed by atoms with E-state index >= 15 is 0 Å². The molecule has 0 aliphatic carbocycles. The fourth-order valence-corrected chi connectivity index (χ4v) is 5.61. The third kappa shape index (κ3) is 5.76. The van der Waals surface area contributed by atoms with Crippen molar-refractivity contribution in [1.82, 2.24) is 10.2 Å². The van der Waals surface area contributed by atoms with E-state index in [1.54, 1.807) is 16.7 Å². The van der Waals surface area contributed by atoms with Crippen LogP contribution in [0.1, 0.15) is 32.7 Å². The Bertz CT molecular complexity index is 1250. The van der Waals surface area contributed by atoms with E-state index in [0.29, 0.717) is 29.2 Å². The van der Waals surface area contributed by atoms with Crippen molar-refractivity contribution in [2.45, 2.75) is 22.8 Å². The lowest BCUT2D eigenvalue weighted by molar-refractivity contribution is 0.0374. The van der Waals surface area contributed by atoms with Crippen molar-refractivity contribution >= 4 is 40.9 Å². The molecule has 5 rings (SSSR count). The van der Waals surface area contributed by atoms with Gasteiger partial charge in [-0.05, 0) is 61.0 Å². The number of carbonyl (C=O) groups excluding carboxylic acids is 2. The first-order valence-corrected chi connectivity index (χ1v) is 13.3. The smallest absolute Gasteiger partial charge is 0.259 e. The van der Waals surface area contributed by atoms with Crippen molar-refractivity contribution in [3.63, 3.8) is 0 Å². The fourth-order valence-electron chi connectivity index (χ4n) is 4.42. The summed E-state index contributed by atoms with van der Waals surface area (Å²) in [6.07, 6.45) is 0.878. The van der Waals surface area contributed by atoms with Crippen LogP contribution in [0.5, 0.6) is 0 Å². The molecule has 2 aliphatic heterocycles. The number of anilines is 1. The van der Waals surface area contributed by atoms with E-state index in [9.17, 15) is 9.59 Å². The van der Waals surface area contributed by atoms with Crippen LogP contribution >= 0.6 is 23.4 Å². The summed E-state index contributed by atoms with van der Waals surface area (Å²) in [6.45, 7) is 5.34. The zero-order valence-corrected chi connectivity index (χ0v) is 21.5. The third-order valence-corrected chi connectivity index (χ3v) is 7.78. The largest absolute Gasteiger partial charge is 0.379 e. The number of benzene rings is 3. The molecule has 8 heteroatoms. The van der Waals surface area contributed by atoms with Crippen LogP contribution in [0.25, 0.3) is 0 Å². The number of carbonyl (C=O) groups is 2. The molecule has 0 bridgehead atoms. The predicted molar refractivity (Wildman–Crippen MR) is 143 cm³/mol. The van der Waals surface area contributed by atoms with Crippen molar-refractivity contribution in [1.29, 1.82) is 0 Å². The number of hydrogen-bond donors (Lipinski definition) is 1. The number of fused-ring (bicyclic) bond motifs is 2. The van der Waals surface area contributed by atoms with E-state index in [2.05, 4.69) is 10.2 Å². The van der Waals surface area contributed by atoms with Crippen LogP contribution in [0.15, 0.2) is 76.5 Å². The highest BCUT2D eigenvalue weighted by molar-refractivity contribution is 7.99. The van der Waals surface area contributed by atoms with Gasteiger partial charge in [0.1, 0.15) is 0 Å². The van der Waals surface area contributed by atoms with Gasteiger partial charge in [-0.1, -0.05) is 47.6 Å². The molecule has 0 aromatic heterocycles.